The number of fused-ring (bicyclic) bond motifs is 1. The van der Waals surface area contributed by atoms with Crippen LogP contribution >= 0.6 is 0 Å². The quantitative estimate of drug-likeness (QED) is 0.825. The van der Waals surface area contributed by atoms with Crippen molar-refractivity contribution in [1.29, 1.82) is 0 Å². The van der Waals surface area contributed by atoms with Gasteiger partial charge in [0, 0.05) is 6.54 Å². The lowest BCUT2D eigenvalue weighted by Gasteiger charge is -2.04. The number of carbonyl (C=O) groups is 1. The van der Waals surface area contributed by atoms with Crippen LogP contribution in [0.1, 0.15) is 24.5 Å². The van der Waals surface area contributed by atoms with E-state index >= 15 is 0 Å². The molecule has 2 N–H and O–H groups in total. The zero-order chi connectivity index (χ0) is 11.5. The van der Waals surface area contributed by atoms with Crippen molar-refractivity contribution in [3.63, 3.8) is 0 Å². The van der Waals surface area contributed by atoms with Crippen molar-refractivity contribution in [3.8, 4) is 0 Å². The van der Waals surface area contributed by atoms with Gasteiger partial charge < -0.3 is 10.3 Å². The van der Waals surface area contributed by atoms with Gasteiger partial charge in [-0.1, -0.05) is 26.0 Å². The summed E-state index contributed by atoms with van der Waals surface area (Å²) in [6, 6.07) is 7.60. The Morgan fingerprint density at radius 3 is 2.88 bits per heavy atom. The maximum Gasteiger partial charge on any atom is 0.287 e. The predicted octanol–water partition coefficient (Wildman–Crippen LogP) is 1.95. The van der Waals surface area contributed by atoms with Crippen molar-refractivity contribution in [3.05, 3.63) is 30.1 Å². The minimum atomic E-state index is -0.148. The zero-order valence-electron chi connectivity index (χ0n) is 9.45. The molecule has 2 aromatic rings. The minimum Gasteiger partial charge on any atom is -0.349 e. The first-order valence-electron chi connectivity index (χ1n) is 5.40. The number of hydrogen-bond donors (Lipinski definition) is 2. The van der Waals surface area contributed by atoms with E-state index in [-0.39, 0.29) is 5.91 Å². The molecule has 2 rings (SSSR count). The fraction of sp³-hybridized carbons (Fsp3) is 0.333. The molecule has 84 valence electrons. The molecule has 0 aliphatic carbocycles. The number of benzene rings is 1. The highest BCUT2D eigenvalue weighted by atomic mass is 16.2. The molecular weight excluding hydrogens is 202 g/mol. The average Bonchev–Trinajstić information content (AvgIpc) is 2.69. The number of carbonyl (C=O) groups excluding carboxylic acids is 1. The number of aromatic amines is 1. The molecule has 0 radical (unpaired) electrons. The van der Waals surface area contributed by atoms with E-state index in [0.717, 1.165) is 11.0 Å². The lowest BCUT2D eigenvalue weighted by molar-refractivity contribution is 0.0940. The Morgan fingerprint density at radius 1 is 1.44 bits per heavy atom. The molecule has 0 atom stereocenters. The molecule has 1 heterocycles. The first-order valence-corrected chi connectivity index (χ1v) is 5.40. The largest absolute Gasteiger partial charge is 0.349 e. The fourth-order valence-corrected chi connectivity index (χ4v) is 1.44. The van der Waals surface area contributed by atoms with E-state index in [4.69, 9.17) is 0 Å². The number of amides is 1. The summed E-state index contributed by atoms with van der Waals surface area (Å²) in [6.07, 6.45) is 0. The standard InChI is InChI=1S/C12H15N3O/c1-8(2)7-13-12(16)11-14-9-5-3-4-6-10(9)15-11/h3-6,8H,7H2,1-2H3,(H,13,16)(H,14,15). The molecule has 1 aromatic carbocycles. The highest BCUT2D eigenvalue weighted by molar-refractivity contribution is 5.94. The van der Waals surface area contributed by atoms with Crippen LogP contribution in [0.2, 0.25) is 0 Å². The van der Waals surface area contributed by atoms with Crippen LogP contribution in [0.15, 0.2) is 24.3 Å². The van der Waals surface area contributed by atoms with E-state index in [2.05, 4.69) is 29.1 Å². The highest BCUT2D eigenvalue weighted by Crippen LogP contribution is 2.09. The molecule has 0 aliphatic heterocycles. The maximum atomic E-state index is 11.7. The number of hydrogen-bond acceptors (Lipinski definition) is 2. The Balaban J connectivity index is 2.17. The normalized spacial score (nSPS) is 10.9. The van der Waals surface area contributed by atoms with Crippen LogP contribution in [0.5, 0.6) is 0 Å². The summed E-state index contributed by atoms with van der Waals surface area (Å²) in [5.41, 5.74) is 1.70. The number of nitrogens with zero attached hydrogens (tertiary/aromatic N) is 1. The van der Waals surface area contributed by atoms with Crippen LogP contribution in [-0.2, 0) is 0 Å². The summed E-state index contributed by atoms with van der Waals surface area (Å²) < 4.78 is 0. The number of imidazole rings is 1. The highest BCUT2D eigenvalue weighted by Gasteiger charge is 2.10. The lowest BCUT2D eigenvalue weighted by Crippen LogP contribution is -2.28. The Labute approximate surface area is 94.1 Å². The van der Waals surface area contributed by atoms with Crippen molar-refractivity contribution in [2.24, 2.45) is 5.92 Å². The molecule has 0 saturated heterocycles. The van der Waals surface area contributed by atoms with Crippen LogP contribution in [0.4, 0.5) is 0 Å². The molecule has 16 heavy (non-hydrogen) atoms. The predicted molar refractivity (Wildman–Crippen MR) is 63.3 cm³/mol. The smallest absolute Gasteiger partial charge is 0.287 e. The molecule has 0 bridgehead atoms. The van der Waals surface area contributed by atoms with Gasteiger partial charge in [0.25, 0.3) is 5.91 Å². The van der Waals surface area contributed by atoms with Gasteiger partial charge in [-0.15, -0.1) is 0 Å². The summed E-state index contributed by atoms with van der Waals surface area (Å²) in [7, 11) is 0. The second kappa shape index (κ2) is 4.35. The zero-order valence-corrected chi connectivity index (χ0v) is 9.45. The third kappa shape index (κ3) is 2.21. The molecule has 1 aromatic heterocycles. The van der Waals surface area contributed by atoms with Crippen LogP contribution < -0.4 is 5.32 Å². The van der Waals surface area contributed by atoms with Gasteiger partial charge in [-0.3, -0.25) is 4.79 Å². The third-order valence-corrected chi connectivity index (χ3v) is 2.28. The van der Waals surface area contributed by atoms with Gasteiger partial charge in [0.1, 0.15) is 0 Å². The summed E-state index contributed by atoms with van der Waals surface area (Å²) in [5, 5.41) is 2.83. The van der Waals surface area contributed by atoms with Gasteiger partial charge in [0.2, 0.25) is 0 Å². The fourth-order valence-electron chi connectivity index (χ4n) is 1.44. The van der Waals surface area contributed by atoms with E-state index < -0.39 is 0 Å². The van der Waals surface area contributed by atoms with Crippen molar-refractivity contribution in [2.75, 3.05) is 6.54 Å². The number of H-pyrrole nitrogens is 1. The van der Waals surface area contributed by atoms with E-state index in [1.54, 1.807) is 0 Å². The Kier molecular flexibility index (Phi) is 2.90. The summed E-state index contributed by atoms with van der Waals surface area (Å²) in [5.74, 6) is 0.667. The van der Waals surface area contributed by atoms with E-state index in [9.17, 15) is 4.79 Å². The SMILES string of the molecule is CC(C)CNC(=O)c1nc2ccccc2[nH]1. The third-order valence-electron chi connectivity index (χ3n) is 2.28. The first-order chi connectivity index (χ1) is 7.66. The van der Waals surface area contributed by atoms with Gasteiger partial charge in [-0.2, -0.15) is 0 Å². The summed E-state index contributed by atoms with van der Waals surface area (Å²) in [6.45, 7) is 4.77. The molecule has 0 spiro atoms. The molecule has 1 amide bonds. The van der Waals surface area contributed by atoms with Crippen molar-refractivity contribution in [2.45, 2.75) is 13.8 Å². The lowest BCUT2D eigenvalue weighted by atomic mass is 10.2. The summed E-state index contributed by atoms with van der Waals surface area (Å²) in [4.78, 5) is 18.9. The molecule has 4 heteroatoms. The van der Waals surface area contributed by atoms with Gasteiger partial charge in [-0.25, -0.2) is 4.98 Å². The number of para-hydroxylation sites is 2. The van der Waals surface area contributed by atoms with Crippen molar-refractivity contribution in [1.82, 2.24) is 15.3 Å². The van der Waals surface area contributed by atoms with Gasteiger partial charge in [-0.05, 0) is 18.1 Å². The van der Waals surface area contributed by atoms with E-state index in [0.29, 0.717) is 18.3 Å². The topological polar surface area (TPSA) is 57.8 Å². The average molecular weight is 217 g/mol. The molecule has 0 aliphatic rings. The maximum absolute atomic E-state index is 11.7. The molecule has 0 saturated carbocycles. The van der Waals surface area contributed by atoms with Crippen LogP contribution in [0.3, 0.4) is 0 Å². The second-order valence-electron chi connectivity index (χ2n) is 4.21. The first kappa shape index (κ1) is 10.7. The Bertz CT molecular complexity index is 469. The summed E-state index contributed by atoms with van der Waals surface area (Å²) >= 11 is 0. The second-order valence-corrected chi connectivity index (χ2v) is 4.21. The van der Waals surface area contributed by atoms with Gasteiger partial charge in [0.15, 0.2) is 5.82 Å². The van der Waals surface area contributed by atoms with E-state index in [1.165, 1.54) is 0 Å². The minimum absolute atomic E-state index is 0.148. The molecule has 0 fully saturated rings. The van der Waals surface area contributed by atoms with Crippen molar-refractivity contribution < 1.29 is 4.79 Å². The molecule has 0 unspecified atom stereocenters. The monoisotopic (exact) mass is 217 g/mol. The Hall–Kier alpha value is -1.84. The van der Waals surface area contributed by atoms with Gasteiger partial charge >= 0.3 is 0 Å². The molecular formula is C12H15N3O. The van der Waals surface area contributed by atoms with Crippen molar-refractivity contribution >= 4 is 16.9 Å². The van der Waals surface area contributed by atoms with Crippen LogP contribution in [0.25, 0.3) is 11.0 Å². The number of nitrogens with one attached hydrogen (secondary N) is 2. The Morgan fingerprint density at radius 2 is 2.19 bits per heavy atom. The van der Waals surface area contributed by atoms with Crippen LogP contribution in [0, 0.1) is 5.92 Å². The number of rotatable bonds is 3. The number of aromatic nitrogens is 2. The van der Waals surface area contributed by atoms with E-state index in [1.807, 2.05) is 24.3 Å². The van der Waals surface area contributed by atoms with Gasteiger partial charge in [0.05, 0.1) is 11.0 Å². The molecule has 4 nitrogen and oxygen atoms in total. The van der Waals surface area contributed by atoms with Crippen LogP contribution in [-0.4, -0.2) is 22.4 Å².